The molecule has 1 saturated heterocycles. The summed E-state index contributed by atoms with van der Waals surface area (Å²) in [6.45, 7) is 6.36. The molecule has 9 nitrogen and oxygen atoms in total. The summed E-state index contributed by atoms with van der Waals surface area (Å²) in [6.07, 6.45) is -1.21. The predicted octanol–water partition coefficient (Wildman–Crippen LogP) is 3.49. The normalized spacial score (nSPS) is 14.3. The lowest BCUT2D eigenvalue weighted by molar-refractivity contribution is -0.192. The Balaban J connectivity index is 0.000000505. The molecule has 3 aromatic rings. The van der Waals surface area contributed by atoms with Gasteiger partial charge in [-0.1, -0.05) is 38.1 Å². The highest BCUT2D eigenvalue weighted by Gasteiger charge is 2.38. The van der Waals surface area contributed by atoms with Crippen molar-refractivity contribution in [3.05, 3.63) is 59.8 Å². The minimum Gasteiger partial charge on any atom is -0.475 e. The van der Waals surface area contributed by atoms with E-state index in [1.165, 1.54) is 5.56 Å². The fraction of sp³-hybridized carbons (Fsp3) is 0.385. The zero-order valence-electron chi connectivity index (χ0n) is 21.0. The Morgan fingerprint density at radius 3 is 2.24 bits per heavy atom. The number of alkyl halides is 3. The number of aliphatic carboxylic acids is 1. The second kappa shape index (κ2) is 12.1. The fourth-order valence-electron chi connectivity index (χ4n) is 4.07. The number of carboxylic acid groups (broad SMARTS) is 1. The molecule has 2 heterocycles. The number of aromatic nitrogens is 2. The molecule has 0 aliphatic carbocycles. The molecule has 0 bridgehead atoms. The monoisotopic (exact) mass is 533 g/mol. The summed E-state index contributed by atoms with van der Waals surface area (Å²) >= 11 is 0. The van der Waals surface area contributed by atoms with Crippen molar-refractivity contribution in [1.82, 2.24) is 20.0 Å². The average Bonchev–Trinajstić information content (AvgIpc) is 3.32. The molecule has 0 radical (unpaired) electrons. The van der Waals surface area contributed by atoms with Crippen LogP contribution in [0.25, 0.3) is 16.6 Å². The van der Waals surface area contributed by atoms with Gasteiger partial charge in [-0.3, -0.25) is 9.59 Å². The molecule has 1 fully saturated rings. The SMILES string of the molecule is CC(C)C(=O)N1CCC(NCc2ccc(-n3cc4cccc(C(N)=O)c4n3)cc2)CC1.O=C(O)C(F)(F)F. The number of nitrogens with zero attached hydrogens (tertiary/aromatic N) is 3. The number of carbonyl (C=O) groups is 3. The smallest absolute Gasteiger partial charge is 0.475 e. The summed E-state index contributed by atoms with van der Waals surface area (Å²) in [5.74, 6) is -2.91. The number of carbonyl (C=O) groups excluding carboxylic acids is 2. The third kappa shape index (κ3) is 7.31. The molecular formula is C26H30F3N5O4. The number of amides is 2. The third-order valence-corrected chi connectivity index (χ3v) is 6.14. The first-order chi connectivity index (χ1) is 17.9. The average molecular weight is 534 g/mol. The van der Waals surface area contributed by atoms with Crippen LogP contribution in [0.4, 0.5) is 13.2 Å². The third-order valence-electron chi connectivity index (χ3n) is 6.14. The molecule has 0 unspecified atom stereocenters. The first kappa shape index (κ1) is 28.6. The van der Waals surface area contributed by atoms with E-state index in [2.05, 4.69) is 22.5 Å². The maximum atomic E-state index is 12.1. The van der Waals surface area contributed by atoms with Crippen molar-refractivity contribution in [2.45, 2.75) is 45.5 Å². The van der Waals surface area contributed by atoms with Crippen LogP contribution in [0.15, 0.2) is 48.7 Å². The highest BCUT2D eigenvalue weighted by molar-refractivity contribution is 6.04. The van der Waals surface area contributed by atoms with Crippen LogP contribution < -0.4 is 11.1 Å². The molecule has 1 aromatic heterocycles. The second-order valence-corrected chi connectivity index (χ2v) is 9.29. The number of rotatable bonds is 6. The van der Waals surface area contributed by atoms with Gasteiger partial charge in [0.05, 0.1) is 11.3 Å². The van der Waals surface area contributed by atoms with Gasteiger partial charge in [-0.05, 0) is 36.6 Å². The maximum absolute atomic E-state index is 12.1. The Morgan fingerprint density at radius 2 is 1.71 bits per heavy atom. The number of primary amides is 1. The van der Waals surface area contributed by atoms with Crippen LogP contribution in [0.2, 0.25) is 0 Å². The summed E-state index contributed by atoms with van der Waals surface area (Å²) in [4.78, 5) is 34.6. The summed E-state index contributed by atoms with van der Waals surface area (Å²) in [5.41, 5.74) is 8.63. The lowest BCUT2D eigenvalue weighted by Gasteiger charge is -2.33. The van der Waals surface area contributed by atoms with Crippen molar-refractivity contribution in [3.8, 4) is 5.69 Å². The van der Waals surface area contributed by atoms with E-state index in [0.717, 1.165) is 43.5 Å². The number of carboxylic acids is 1. The van der Waals surface area contributed by atoms with Gasteiger partial charge in [-0.15, -0.1) is 0 Å². The van der Waals surface area contributed by atoms with Gasteiger partial charge in [0, 0.05) is 43.2 Å². The zero-order chi connectivity index (χ0) is 28.0. The first-order valence-corrected chi connectivity index (χ1v) is 12.1. The number of likely N-dealkylation sites (tertiary alicyclic amines) is 1. The molecule has 2 aromatic carbocycles. The van der Waals surface area contributed by atoms with Gasteiger partial charge in [-0.25, -0.2) is 9.48 Å². The Bertz CT molecular complexity index is 1280. The fourth-order valence-corrected chi connectivity index (χ4v) is 4.07. The van der Waals surface area contributed by atoms with Crippen LogP contribution in [0.1, 0.15) is 42.6 Å². The van der Waals surface area contributed by atoms with E-state index in [1.54, 1.807) is 10.7 Å². The molecule has 0 atom stereocenters. The molecule has 12 heteroatoms. The van der Waals surface area contributed by atoms with E-state index >= 15 is 0 Å². The molecule has 38 heavy (non-hydrogen) atoms. The van der Waals surface area contributed by atoms with Gasteiger partial charge in [0.25, 0.3) is 5.91 Å². The lowest BCUT2D eigenvalue weighted by Crippen LogP contribution is -2.45. The molecule has 0 saturated carbocycles. The lowest BCUT2D eigenvalue weighted by atomic mass is 10.0. The van der Waals surface area contributed by atoms with Crippen molar-refractivity contribution in [1.29, 1.82) is 0 Å². The van der Waals surface area contributed by atoms with Crippen LogP contribution in [-0.4, -0.2) is 62.9 Å². The first-order valence-electron chi connectivity index (χ1n) is 12.1. The maximum Gasteiger partial charge on any atom is 0.490 e. The topological polar surface area (TPSA) is 131 Å². The number of nitrogens with one attached hydrogen (secondary N) is 1. The molecule has 1 aliphatic heterocycles. The number of benzene rings is 2. The van der Waals surface area contributed by atoms with E-state index in [0.29, 0.717) is 17.1 Å². The molecule has 1 aliphatic rings. The quantitative estimate of drug-likeness (QED) is 0.445. The Kier molecular flexibility index (Phi) is 9.10. The van der Waals surface area contributed by atoms with E-state index < -0.39 is 18.1 Å². The summed E-state index contributed by atoms with van der Waals surface area (Å²) < 4.78 is 33.5. The van der Waals surface area contributed by atoms with Gasteiger partial charge in [0.2, 0.25) is 5.91 Å². The van der Waals surface area contributed by atoms with Crippen LogP contribution in [0.3, 0.4) is 0 Å². The zero-order valence-corrected chi connectivity index (χ0v) is 21.0. The van der Waals surface area contributed by atoms with Crippen molar-refractivity contribution in [3.63, 3.8) is 0 Å². The highest BCUT2D eigenvalue weighted by Crippen LogP contribution is 2.20. The Labute approximate surface area is 217 Å². The highest BCUT2D eigenvalue weighted by atomic mass is 19.4. The Morgan fingerprint density at radius 1 is 1.11 bits per heavy atom. The number of hydrogen-bond acceptors (Lipinski definition) is 5. The van der Waals surface area contributed by atoms with Gasteiger partial charge in [0.15, 0.2) is 0 Å². The van der Waals surface area contributed by atoms with E-state index in [9.17, 15) is 22.8 Å². The summed E-state index contributed by atoms with van der Waals surface area (Å²) in [6, 6.07) is 14.1. The van der Waals surface area contributed by atoms with Crippen molar-refractivity contribution in [2.75, 3.05) is 13.1 Å². The van der Waals surface area contributed by atoms with Crippen molar-refractivity contribution in [2.24, 2.45) is 11.7 Å². The van der Waals surface area contributed by atoms with Crippen molar-refractivity contribution >= 4 is 28.7 Å². The largest absolute Gasteiger partial charge is 0.490 e. The number of hydrogen-bond donors (Lipinski definition) is 3. The standard InChI is InChI=1S/C24H29N5O2.C2HF3O2/c1-16(2)24(31)28-12-10-19(11-13-28)26-14-17-6-8-20(9-7-17)29-15-18-4-3-5-21(23(25)30)22(18)27-29;3-2(4,5)1(6)7/h3-9,15-16,19,26H,10-14H2,1-2H3,(H2,25,30);(H,6,7). The van der Waals surface area contributed by atoms with E-state index in [4.69, 9.17) is 15.6 Å². The number of halogens is 3. The van der Waals surface area contributed by atoms with Gasteiger partial charge in [0.1, 0.15) is 5.52 Å². The molecule has 4 rings (SSSR count). The molecule has 0 spiro atoms. The Hall–Kier alpha value is -3.93. The molecular weight excluding hydrogens is 503 g/mol. The summed E-state index contributed by atoms with van der Waals surface area (Å²) in [5, 5.41) is 16.2. The van der Waals surface area contributed by atoms with Gasteiger partial charge >= 0.3 is 12.1 Å². The van der Waals surface area contributed by atoms with Crippen molar-refractivity contribution < 1.29 is 32.7 Å². The second-order valence-electron chi connectivity index (χ2n) is 9.29. The van der Waals surface area contributed by atoms with Crippen LogP contribution in [0.5, 0.6) is 0 Å². The number of nitrogens with two attached hydrogens (primary N) is 1. The van der Waals surface area contributed by atoms with Gasteiger partial charge < -0.3 is 21.1 Å². The number of piperidine rings is 1. The van der Waals surface area contributed by atoms with E-state index in [-0.39, 0.29) is 11.8 Å². The molecule has 4 N–H and O–H groups in total. The van der Waals surface area contributed by atoms with Crippen LogP contribution >= 0.6 is 0 Å². The number of fused-ring (bicyclic) bond motifs is 1. The molecule has 2 amide bonds. The predicted molar refractivity (Wildman–Crippen MR) is 135 cm³/mol. The van der Waals surface area contributed by atoms with Crippen LogP contribution in [-0.2, 0) is 16.1 Å². The minimum absolute atomic E-state index is 0.0674. The van der Waals surface area contributed by atoms with Gasteiger partial charge in [-0.2, -0.15) is 18.3 Å². The molecule has 204 valence electrons. The minimum atomic E-state index is -5.08. The summed E-state index contributed by atoms with van der Waals surface area (Å²) in [7, 11) is 0. The van der Waals surface area contributed by atoms with E-state index in [1.807, 2.05) is 49.2 Å². The van der Waals surface area contributed by atoms with Crippen LogP contribution in [0, 0.1) is 5.92 Å².